The third-order valence-electron chi connectivity index (χ3n) is 1.45. The molecule has 0 saturated heterocycles. The Morgan fingerprint density at radius 3 is 2.45 bits per heavy atom. The lowest BCUT2D eigenvalue weighted by Gasteiger charge is -2.05. The minimum atomic E-state index is -0.205. The summed E-state index contributed by atoms with van der Waals surface area (Å²) in [5.41, 5.74) is 6.69. The van der Waals surface area contributed by atoms with Crippen LogP contribution < -0.4 is 5.73 Å². The topological polar surface area (TPSA) is 26.0 Å². The van der Waals surface area contributed by atoms with Crippen molar-refractivity contribution in [2.24, 2.45) is 0 Å². The highest BCUT2D eigenvalue weighted by Gasteiger charge is 2.08. The zero-order valence-corrected chi connectivity index (χ0v) is 10.1. The van der Waals surface area contributed by atoms with Crippen molar-refractivity contribution in [1.82, 2.24) is 0 Å². The van der Waals surface area contributed by atoms with Gasteiger partial charge in [0.15, 0.2) is 0 Å². The maximum absolute atomic E-state index is 13.1. The maximum Gasteiger partial charge on any atom is 0.141 e. The number of hydrogen-bond acceptors (Lipinski definition) is 1. The summed E-state index contributed by atoms with van der Waals surface area (Å²) < 4.78 is 14.6. The molecule has 0 unspecified atom stereocenters. The Hall–Kier alpha value is 0.410. The SMILES string of the molecule is Cc1c(N)c(I)cc(I)c1F. The predicted molar refractivity (Wildman–Crippen MR) is 61.0 cm³/mol. The first-order valence-electron chi connectivity index (χ1n) is 2.93. The van der Waals surface area contributed by atoms with E-state index in [4.69, 9.17) is 5.73 Å². The van der Waals surface area contributed by atoms with Gasteiger partial charge in [-0.15, -0.1) is 0 Å². The van der Waals surface area contributed by atoms with Crippen molar-refractivity contribution in [3.05, 3.63) is 24.6 Å². The molecule has 1 rings (SSSR count). The Labute approximate surface area is 91.8 Å². The monoisotopic (exact) mass is 377 g/mol. The summed E-state index contributed by atoms with van der Waals surface area (Å²) in [5.74, 6) is -0.205. The van der Waals surface area contributed by atoms with Crippen LogP contribution in [0.25, 0.3) is 0 Å². The van der Waals surface area contributed by atoms with E-state index >= 15 is 0 Å². The number of halogens is 3. The molecule has 0 saturated carbocycles. The quantitative estimate of drug-likeness (QED) is 0.420. The molecule has 0 aliphatic rings. The summed E-state index contributed by atoms with van der Waals surface area (Å²) in [7, 11) is 0. The van der Waals surface area contributed by atoms with Crippen LogP contribution in [0, 0.1) is 19.9 Å². The zero-order valence-electron chi connectivity index (χ0n) is 5.79. The van der Waals surface area contributed by atoms with E-state index in [1.807, 2.05) is 22.6 Å². The van der Waals surface area contributed by atoms with E-state index in [2.05, 4.69) is 22.6 Å². The van der Waals surface area contributed by atoms with Crippen molar-refractivity contribution in [3.8, 4) is 0 Å². The van der Waals surface area contributed by atoms with Crippen molar-refractivity contribution in [2.75, 3.05) is 5.73 Å². The first kappa shape index (κ1) is 9.50. The average Bonchev–Trinajstić information content (AvgIpc) is 1.97. The highest BCUT2D eigenvalue weighted by molar-refractivity contribution is 14.1. The summed E-state index contributed by atoms with van der Waals surface area (Å²) in [5, 5.41) is 0. The predicted octanol–water partition coefficient (Wildman–Crippen LogP) is 2.93. The van der Waals surface area contributed by atoms with Gasteiger partial charge in [-0.3, -0.25) is 0 Å². The van der Waals surface area contributed by atoms with Crippen LogP contribution in [0.4, 0.5) is 10.1 Å². The minimum Gasteiger partial charge on any atom is -0.398 e. The van der Waals surface area contributed by atoms with Gasteiger partial charge in [0.05, 0.1) is 9.26 Å². The molecule has 0 atom stereocenters. The van der Waals surface area contributed by atoms with Gasteiger partial charge in [-0.25, -0.2) is 4.39 Å². The minimum absolute atomic E-state index is 0.205. The second-order valence-electron chi connectivity index (χ2n) is 2.19. The Morgan fingerprint density at radius 1 is 1.36 bits per heavy atom. The largest absolute Gasteiger partial charge is 0.398 e. The summed E-state index contributed by atoms with van der Waals surface area (Å²) in [6.45, 7) is 1.69. The highest BCUT2D eigenvalue weighted by atomic mass is 127. The van der Waals surface area contributed by atoms with E-state index < -0.39 is 0 Å². The first-order chi connectivity index (χ1) is 5.04. The summed E-state index contributed by atoms with van der Waals surface area (Å²) >= 11 is 4.05. The van der Waals surface area contributed by atoms with Crippen molar-refractivity contribution in [2.45, 2.75) is 6.92 Å². The molecule has 1 nitrogen and oxygen atoms in total. The van der Waals surface area contributed by atoms with Gasteiger partial charge >= 0.3 is 0 Å². The van der Waals surface area contributed by atoms with Crippen LogP contribution >= 0.6 is 45.2 Å². The van der Waals surface area contributed by atoms with Crippen molar-refractivity contribution < 1.29 is 4.39 Å². The van der Waals surface area contributed by atoms with Gasteiger partial charge < -0.3 is 5.73 Å². The van der Waals surface area contributed by atoms with Crippen LogP contribution in [0.2, 0.25) is 0 Å². The number of benzene rings is 1. The number of nitrogens with two attached hydrogens (primary N) is 1. The molecule has 0 spiro atoms. The molecule has 0 aliphatic carbocycles. The van der Waals surface area contributed by atoms with E-state index in [1.165, 1.54) is 0 Å². The lowest BCUT2D eigenvalue weighted by atomic mass is 10.2. The average molecular weight is 377 g/mol. The second kappa shape index (κ2) is 3.42. The molecule has 0 bridgehead atoms. The third-order valence-corrected chi connectivity index (χ3v) is 3.13. The maximum atomic E-state index is 13.1. The van der Waals surface area contributed by atoms with E-state index in [1.54, 1.807) is 13.0 Å². The lowest BCUT2D eigenvalue weighted by Crippen LogP contribution is -1.98. The summed E-state index contributed by atoms with van der Waals surface area (Å²) in [6, 6.07) is 1.73. The van der Waals surface area contributed by atoms with Crippen molar-refractivity contribution >= 4 is 50.9 Å². The molecule has 0 heterocycles. The highest BCUT2D eigenvalue weighted by Crippen LogP contribution is 2.25. The molecule has 0 aromatic heterocycles. The van der Waals surface area contributed by atoms with Gasteiger partial charge in [0, 0.05) is 9.13 Å². The van der Waals surface area contributed by atoms with E-state index in [-0.39, 0.29) is 5.82 Å². The fraction of sp³-hybridized carbons (Fsp3) is 0.143. The van der Waals surface area contributed by atoms with Gasteiger partial charge in [0.1, 0.15) is 5.82 Å². The summed E-state index contributed by atoms with van der Waals surface area (Å²) in [4.78, 5) is 0. The molecule has 4 heteroatoms. The number of rotatable bonds is 0. The fourth-order valence-corrected chi connectivity index (χ4v) is 2.76. The van der Waals surface area contributed by atoms with Crippen LogP contribution in [0.3, 0.4) is 0 Å². The zero-order chi connectivity index (χ0) is 8.59. The fourth-order valence-electron chi connectivity index (χ4n) is 0.729. The Balaban J connectivity index is 3.46. The molecular weight excluding hydrogens is 371 g/mol. The van der Waals surface area contributed by atoms with Crippen LogP contribution in [0.1, 0.15) is 5.56 Å². The van der Waals surface area contributed by atoms with E-state index in [9.17, 15) is 4.39 Å². The standard InChI is InChI=1S/C7H6FI2N/c1-3-6(8)4(9)2-5(10)7(3)11/h2H,11H2,1H3. The first-order valence-corrected chi connectivity index (χ1v) is 5.09. The molecule has 0 radical (unpaired) electrons. The third kappa shape index (κ3) is 1.77. The molecule has 2 N–H and O–H groups in total. The number of hydrogen-bond donors (Lipinski definition) is 1. The molecule has 60 valence electrons. The van der Waals surface area contributed by atoms with Crippen LogP contribution in [0.5, 0.6) is 0 Å². The lowest BCUT2D eigenvalue weighted by molar-refractivity contribution is 0.611. The Morgan fingerprint density at radius 2 is 1.91 bits per heavy atom. The molecule has 1 aromatic carbocycles. The number of nitrogen functional groups attached to an aromatic ring is 1. The van der Waals surface area contributed by atoms with Gasteiger partial charge in [0.25, 0.3) is 0 Å². The molecule has 0 aliphatic heterocycles. The normalized spacial score (nSPS) is 10.2. The smallest absolute Gasteiger partial charge is 0.141 e. The second-order valence-corrected chi connectivity index (χ2v) is 4.52. The molecule has 0 amide bonds. The van der Waals surface area contributed by atoms with Gasteiger partial charge in [-0.2, -0.15) is 0 Å². The Kier molecular flexibility index (Phi) is 2.96. The Bertz CT molecular complexity index is 273. The van der Waals surface area contributed by atoms with Crippen molar-refractivity contribution in [3.63, 3.8) is 0 Å². The van der Waals surface area contributed by atoms with E-state index in [0.717, 1.165) is 3.57 Å². The van der Waals surface area contributed by atoms with E-state index in [0.29, 0.717) is 14.8 Å². The summed E-state index contributed by atoms with van der Waals surface area (Å²) in [6.07, 6.45) is 0. The molecule has 1 aromatic rings. The van der Waals surface area contributed by atoms with Gasteiger partial charge in [-0.1, -0.05) is 0 Å². The van der Waals surface area contributed by atoms with Gasteiger partial charge in [0.2, 0.25) is 0 Å². The molecular formula is C7H6FI2N. The van der Waals surface area contributed by atoms with Crippen LogP contribution in [-0.2, 0) is 0 Å². The van der Waals surface area contributed by atoms with Gasteiger partial charge in [-0.05, 0) is 58.2 Å². The molecule has 0 fully saturated rings. The van der Waals surface area contributed by atoms with Crippen molar-refractivity contribution in [1.29, 1.82) is 0 Å². The van der Waals surface area contributed by atoms with Crippen LogP contribution in [-0.4, -0.2) is 0 Å². The molecule has 11 heavy (non-hydrogen) atoms. The van der Waals surface area contributed by atoms with Crippen LogP contribution in [0.15, 0.2) is 6.07 Å². The number of anilines is 1.